The smallest absolute Gasteiger partial charge is 0.180 e. The predicted octanol–water partition coefficient (Wildman–Crippen LogP) is 2.96. The third-order valence-corrected chi connectivity index (χ3v) is 5.67. The third kappa shape index (κ3) is 4.57. The van der Waals surface area contributed by atoms with Crippen molar-refractivity contribution in [3.05, 3.63) is 22.2 Å². The monoisotopic (exact) mass is 413 g/mol. The number of aliphatic hydroxyl groups excluding tert-OH is 2. The lowest BCUT2D eigenvalue weighted by molar-refractivity contribution is -0.149. The van der Waals surface area contributed by atoms with Crippen LogP contribution in [-0.4, -0.2) is 65.8 Å². The zero-order chi connectivity index (χ0) is 20.6. The fourth-order valence-electron chi connectivity index (χ4n) is 4.11. The summed E-state index contributed by atoms with van der Waals surface area (Å²) in [5, 5.41) is 20.8. The lowest BCUT2D eigenvalue weighted by atomic mass is 9.84. The van der Waals surface area contributed by atoms with Gasteiger partial charge in [-0.3, -0.25) is 4.90 Å². The fraction of sp³-hybridized carbons (Fsp3) is 0.714. The van der Waals surface area contributed by atoms with Crippen molar-refractivity contribution in [1.82, 2.24) is 4.90 Å². The molecule has 1 fully saturated rings. The van der Waals surface area contributed by atoms with Gasteiger partial charge in [0.15, 0.2) is 11.5 Å². The highest BCUT2D eigenvalue weighted by atomic mass is 35.5. The van der Waals surface area contributed by atoms with Crippen LogP contribution < -0.4 is 9.47 Å². The molecule has 6 nitrogen and oxygen atoms in total. The topological polar surface area (TPSA) is 71.4 Å². The van der Waals surface area contributed by atoms with Gasteiger partial charge in [0.2, 0.25) is 0 Å². The zero-order valence-electron chi connectivity index (χ0n) is 17.4. The third-order valence-electron chi connectivity index (χ3n) is 5.27. The molecule has 0 aliphatic carbocycles. The summed E-state index contributed by atoms with van der Waals surface area (Å²) in [5.74, 6) is 1.02. The van der Waals surface area contributed by atoms with Crippen molar-refractivity contribution in [2.24, 2.45) is 0 Å². The van der Waals surface area contributed by atoms with Crippen molar-refractivity contribution in [2.75, 3.05) is 26.8 Å². The molecular weight excluding hydrogens is 382 g/mol. The molecule has 0 radical (unpaired) electrons. The van der Waals surface area contributed by atoms with Crippen molar-refractivity contribution >= 4 is 11.6 Å². The Hall–Kier alpha value is -1.05. The molecule has 1 aromatic rings. The van der Waals surface area contributed by atoms with E-state index in [0.717, 1.165) is 24.1 Å². The summed E-state index contributed by atoms with van der Waals surface area (Å²) in [5.41, 5.74) is 1.81. The highest BCUT2D eigenvalue weighted by Crippen LogP contribution is 2.47. The van der Waals surface area contributed by atoms with Crippen molar-refractivity contribution in [2.45, 2.75) is 70.5 Å². The molecule has 2 N–H and O–H groups in total. The normalized spacial score (nSPS) is 26.4. The van der Waals surface area contributed by atoms with E-state index in [1.54, 1.807) is 14.0 Å². The van der Waals surface area contributed by atoms with Crippen LogP contribution >= 0.6 is 11.6 Å². The van der Waals surface area contributed by atoms with Crippen molar-refractivity contribution in [1.29, 1.82) is 0 Å². The van der Waals surface area contributed by atoms with E-state index in [1.807, 2.05) is 26.8 Å². The summed E-state index contributed by atoms with van der Waals surface area (Å²) in [6, 6.07) is 2.03. The largest absolute Gasteiger partial charge is 0.493 e. The van der Waals surface area contributed by atoms with Crippen LogP contribution in [0.15, 0.2) is 6.07 Å². The Kier molecular flexibility index (Phi) is 6.47. The van der Waals surface area contributed by atoms with Crippen LogP contribution in [0.5, 0.6) is 11.5 Å². The maximum Gasteiger partial charge on any atom is 0.180 e. The average molecular weight is 414 g/mol. The van der Waals surface area contributed by atoms with E-state index in [9.17, 15) is 10.2 Å². The molecule has 1 saturated heterocycles. The number of fused-ring (bicyclic) bond motifs is 3. The van der Waals surface area contributed by atoms with E-state index >= 15 is 0 Å². The summed E-state index contributed by atoms with van der Waals surface area (Å²) in [4.78, 5) is 2.36. The molecule has 4 atom stereocenters. The highest BCUT2D eigenvalue weighted by molar-refractivity contribution is 6.33. The van der Waals surface area contributed by atoms with Gasteiger partial charge in [0.1, 0.15) is 6.61 Å². The predicted molar refractivity (Wildman–Crippen MR) is 108 cm³/mol. The van der Waals surface area contributed by atoms with Gasteiger partial charge < -0.3 is 24.4 Å². The SMILES string of the molecule is COc1cc2c(c(Cl)c1OC[C@H](C)O)CCN1C[C@@H](OC(C)(C)C)[C@H](O)C[C@H]21. The zero-order valence-corrected chi connectivity index (χ0v) is 18.1. The maximum atomic E-state index is 10.7. The van der Waals surface area contributed by atoms with Gasteiger partial charge in [-0.15, -0.1) is 0 Å². The first-order valence-electron chi connectivity index (χ1n) is 9.90. The number of nitrogens with zero attached hydrogens (tertiary/aromatic N) is 1. The lowest BCUT2D eigenvalue weighted by Gasteiger charge is -2.47. The molecule has 0 aromatic heterocycles. The number of halogens is 1. The molecule has 28 heavy (non-hydrogen) atoms. The molecule has 0 spiro atoms. The minimum atomic E-state index is -0.597. The van der Waals surface area contributed by atoms with Crippen LogP contribution in [0.2, 0.25) is 5.02 Å². The number of ether oxygens (including phenoxy) is 3. The van der Waals surface area contributed by atoms with Gasteiger partial charge in [0, 0.05) is 19.1 Å². The molecule has 0 amide bonds. The van der Waals surface area contributed by atoms with Gasteiger partial charge in [0.25, 0.3) is 0 Å². The Morgan fingerprint density at radius 3 is 2.68 bits per heavy atom. The first-order valence-corrected chi connectivity index (χ1v) is 10.3. The molecule has 0 bridgehead atoms. The Morgan fingerprint density at radius 2 is 2.07 bits per heavy atom. The number of hydrogen-bond acceptors (Lipinski definition) is 6. The van der Waals surface area contributed by atoms with Crippen molar-refractivity contribution < 1.29 is 24.4 Å². The maximum absolute atomic E-state index is 10.7. The Morgan fingerprint density at radius 1 is 1.36 bits per heavy atom. The van der Waals surface area contributed by atoms with Crippen LogP contribution in [0.4, 0.5) is 0 Å². The molecule has 0 saturated carbocycles. The number of aliphatic hydroxyl groups is 2. The number of piperidine rings is 1. The highest BCUT2D eigenvalue weighted by Gasteiger charge is 2.41. The number of methoxy groups -OCH3 is 1. The Labute approximate surface area is 172 Å². The molecule has 3 rings (SSSR count). The first kappa shape index (κ1) is 21.7. The van der Waals surface area contributed by atoms with E-state index in [4.69, 9.17) is 25.8 Å². The van der Waals surface area contributed by atoms with Crippen LogP contribution in [0.3, 0.4) is 0 Å². The molecule has 2 aliphatic heterocycles. The van der Waals surface area contributed by atoms with Gasteiger partial charge in [0.05, 0.1) is 36.0 Å². The summed E-state index contributed by atoms with van der Waals surface area (Å²) in [6.07, 6.45) is 0.0331. The van der Waals surface area contributed by atoms with Crippen molar-refractivity contribution in [3.63, 3.8) is 0 Å². The fourth-order valence-corrected chi connectivity index (χ4v) is 4.46. The van der Waals surface area contributed by atoms with E-state index in [0.29, 0.717) is 29.5 Å². The summed E-state index contributed by atoms with van der Waals surface area (Å²) in [6.45, 7) is 9.37. The van der Waals surface area contributed by atoms with Gasteiger partial charge in [-0.2, -0.15) is 0 Å². The van der Waals surface area contributed by atoms with E-state index < -0.39 is 12.2 Å². The number of hydrogen-bond donors (Lipinski definition) is 2. The van der Waals surface area contributed by atoms with Gasteiger partial charge in [-0.25, -0.2) is 0 Å². The van der Waals surface area contributed by atoms with E-state index in [1.165, 1.54) is 0 Å². The van der Waals surface area contributed by atoms with Gasteiger partial charge >= 0.3 is 0 Å². The molecule has 158 valence electrons. The van der Waals surface area contributed by atoms with E-state index in [-0.39, 0.29) is 24.4 Å². The summed E-state index contributed by atoms with van der Waals surface area (Å²) < 4.78 is 17.3. The van der Waals surface area contributed by atoms with Crippen LogP contribution in [0.1, 0.15) is 51.3 Å². The molecule has 1 aromatic carbocycles. The first-order chi connectivity index (χ1) is 13.1. The van der Waals surface area contributed by atoms with Crippen LogP contribution in [0, 0.1) is 0 Å². The van der Waals surface area contributed by atoms with E-state index in [2.05, 4.69) is 4.90 Å². The van der Waals surface area contributed by atoms with Crippen LogP contribution in [-0.2, 0) is 11.2 Å². The average Bonchev–Trinajstić information content (AvgIpc) is 2.60. The molecule has 2 aliphatic rings. The Bertz CT molecular complexity index is 703. The minimum Gasteiger partial charge on any atom is -0.493 e. The van der Waals surface area contributed by atoms with Gasteiger partial charge in [-0.1, -0.05) is 11.6 Å². The lowest BCUT2D eigenvalue weighted by Crippen LogP contribution is -2.53. The summed E-state index contributed by atoms with van der Waals surface area (Å²) in [7, 11) is 1.58. The second kappa shape index (κ2) is 8.36. The van der Waals surface area contributed by atoms with Crippen LogP contribution in [0.25, 0.3) is 0 Å². The molecule has 2 heterocycles. The number of benzene rings is 1. The summed E-state index contributed by atoms with van der Waals surface area (Å²) >= 11 is 6.69. The molecule has 7 heteroatoms. The standard InChI is InChI=1S/C21H32ClNO5/c1-12(24)11-27-20-17(26-5)8-14-13(19(20)22)6-7-23-10-18(28-21(2,3)4)16(25)9-15(14)23/h8,12,15-16,18,24-25H,6-7,9-11H2,1-5H3/t12-,15+,16+,18+/m0/s1. The second-order valence-electron chi connectivity index (χ2n) is 8.78. The minimum absolute atomic E-state index is 0.0655. The number of rotatable bonds is 5. The molecule has 0 unspecified atom stereocenters. The molecular formula is C21H32ClNO5. The quantitative estimate of drug-likeness (QED) is 0.773. The Balaban J connectivity index is 1.89. The van der Waals surface area contributed by atoms with Gasteiger partial charge in [-0.05, 0) is 57.7 Å². The van der Waals surface area contributed by atoms with Crippen molar-refractivity contribution in [3.8, 4) is 11.5 Å². The second-order valence-corrected chi connectivity index (χ2v) is 9.16.